The molecule has 0 bridgehead atoms. The highest BCUT2D eigenvalue weighted by Gasteiger charge is 2.32. The molecule has 1 aromatic heterocycles. The van der Waals surface area contributed by atoms with Gasteiger partial charge in [-0.25, -0.2) is 19.8 Å². The van der Waals surface area contributed by atoms with Crippen LogP contribution in [-0.4, -0.2) is 57.5 Å². The lowest BCUT2D eigenvalue weighted by molar-refractivity contribution is -0.136. The normalized spacial score (nSPS) is 14.5. The number of nitrogens with one attached hydrogen (secondary N) is 3. The molecule has 13 heteroatoms. The van der Waals surface area contributed by atoms with E-state index in [1.54, 1.807) is 68.4 Å². The lowest BCUT2D eigenvalue weighted by Crippen LogP contribution is -2.45. The Morgan fingerprint density at radius 2 is 1.84 bits per heavy atom. The molecule has 0 spiro atoms. The van der Waals surface area contributed by atoms with Gasteiger partial charge in [0.05, 0.1) is 44.2 Å². The first-order valence-electron chi connectivity index (χ1n) is 13.1. The van der Waals surface area contributed by atoms with E-state index in [0.29, 0.717) is 33.9 Å². The van der Waals surface area contributed by atoms with Crippen molar-refractivity contribution in [2.24, 2.45) is 5.10 Å². The third-order valence-electron chi connectivity index (χ3n) is 6.25. The molecule has 43 heavy (non-hydrogen) atoms. The smallest absolute Gasteiger partial charge is 0.338 e. The van der Waals surface area contributed by atoms with Gasteiger partial charge in [0, 0.05) is 11.3 Å². The zero-order chi connectivity index (χ0) is 30.9. The Kier molecular flexibility index (Phi) is 9.78. The van der Waals surface area contributed by atoms with Crippen molar-refractivity contribution in [2.75, 3.05) is 27.4 Å². The number of urea groups is 1. The van der Waals surface area contributed by atoms with Gasteiger partial charge in [0.15, 0.2) is 18.1 Å². The molecule has 224 valence electrons. The van der Waals surface area contributed by atoms with E-state index in [9.17, 15) is 19.2 Å². The summed E-state index contributed by atoms with van der Waals surface area (Å²) in [5.74, 6) is -0.315. The SMILES string of the molecule is CCOC(=O)c1ccccc1-c1ccc(/C=N\NC(=O)COc2ccc([C@H]3NC(=O)NC(C)=C3C(=O)OC)cc2OC)o1. The fourth-order valence-electron chi connectivity index (χ4n) is 4.30. The van der Waals surface area contributed by atoms with Gasteiger partial charge in [0.2, 0.25) is 0 Å². The molecule has 2 heterocycles. The van der Waals surface area contributed by atoms with Crippen LogP contribution in [-0.2, 0) is 19.1 Å². The van der Waals surface area contributed by atoms with Crippen LogP contribution in [0.2, 0.25) is 0 Å². The van der Waals surface area contributed by atoms with Gasteiger partial charge in [0.25, 0.3) is 5.91 Å². The summed E-state index contributed by atoms with van der Waals surface area (Å²) in [4.78, 5) is 49.1. The van der Waals surface area contributed by atoms with Crippen LogP contribution in [0.15, 0.2) is 75.4 Å². The van der Waals surface area contributed by atoms with Crippen LogP contribution in [0.25, 0.3) is 11.3 Å². The molecule has 0 fully saturated rings. The lowest BCUT2D eigenvalue weighted by atomic mass is 9.95. The van der Waals surface area contributed by atoms with E-state index < -0.39 is 29.9 Å². The summed E-state index contributed by atoms with van der Waals surface area (Å²) in [6, 6.07) is 13.7. The minimum absolute atomic E-state index is 0.238. The van der Waals surface area contributed by atoms with Gasteiger partial charge in [-0.3, -0.25) is 4.79 Å². The number of esters is 2. The monoisotopic (exact) mass is 590 g/mol. The number of methoxy groups -OCH3 is 2. The van der Waals surface area contributed by atoms with E-state index in [2.05, 4.69) is 21.2 Å². The summed E-state index contributed by atoms with van der Waals surface area (Å²) in [5, 5.41) is 9.15. The number of benzene rings is 2. The number of allylic oxidation sites excluding steroid dienone is 1. The Morgan fingerprint density at radius 1 is 1.05 bits per heavy atom. The van der Waals surface area contributed by atoms with Gasteiger partial charge in [-0.05, 0) is 49.7 Å². The standard InChI is InChI=1S/C30H30N4O9/c1-5-41-28(36)21-9-7-6-8-20(21)22-13-11-19(43-22)15-31-34-25(35)16-42-23-12-10-18(14-24(23)39-3)27-26(29(37)40-4)17(2)32-30(38)33-27/h6-15,27H,5,16H2,1-4H3,(H,34,35)(H2,32,33,38)/b31-15-/t27-/m1/s1. The van der Waals surface area contributed by atoms with Crippen LogP contribution in [0.1, 0.15) is 41.6 Å². The second-order valence-corrected chi connectivity index (χ2v) is 9.02. The topological polar surface area (TPSA) is 167 Å². The minimum atomic E-state index is -0.789. The van der Waals surface area contributed by atoms with Gasteiger partial charge in [0.1, 0.15) is 11.5 Å². The number of hydrogen-bond donors (Lipinski definition) is 3. The Hall–Kier alpha value is -5.59. The van der Waals surface area contributed by atoms with Crippen LogP contribution in [0.3, 0.4) is 0 Å². The molecule has 0 saturated heterocycles. The van der Waals surface area contributed by atoms with Gasteiger partial charge >= 0.3 is 18.0 Å². The number of rotatable bonds is 11. The molecular weight excluding hydrogens is 560 g/mol. The Labute approximate surface area is 246 Å². The molecule has 3 amide bonds. The average molecular weight is 591 g/mol. The maximum Gasteiger partial charge on any atom is 0.338 e. The van der Waals surface area contributed by atoms with Gasteiger partial charge in [-0.1, -0.05) is 24.3 Å². The van der Waals surface area contributed by atoms with Crippen LogP contribution < -0.4 is 25.5 Å². The van der Waals surface area contributed by atoms with Crippen molar-refractivity contribution in [3.63, 3.8) is 0 Å². The molecule has 1 aliphatic heterocycles. The fraction of sp³-hybridized carbons (Fsp3) is 0.233. The second-order valence-electron chi connectivity index (χ2n) is 9.02. The van der Waals surface area contributed by atoms with Crippen molar-refractivity contribution in [1.29, 1.82) is 0 Å². The zero-order valence-electron chi connectivity index (χ0n) is 23.9. The van der Waals surface area contributed by atoms with Crippen LogP contribution in [0, 0.1) is 0 Å². The van der Waals surface area contributed by atoms with E-state index in [-0.39, 0.29) is 30.3 Å². The van der Waals surface area contributed by atoms with Gasteiger partial charge < -0.3 is 34.0 Å². The van der Waals surface area contributed by atoms with Crippen molar-refractivity contribution >= 4 is 30.1 Å². The number of amides is 3. The molecule has 0 radical (unpaired) electrons. The van der Waals surface area contributed by atoms with E-state index in [1.165, 1.54) is 20.4 Å². The highest BCUT2D eigenvalue weighted by molar-refractivity contribution is 5.97. The number of hydrazone groups is 1. The summed E-state index contributed by atoms with van der Waals surface area (Å²) < 4.78 is 26.8. The summed E-state index contributed by atoms with van der Waals surface area (Å²) in [7, 11) is 2.67. The average Bonchev–Trinajstić information content (AvgIpc) is 3.48. The molecule has 0 saturated carbocycles. The minimum Gasteiger partial charge on any atom is -0.493 e. The van der Waals surface area contributed by atoms with Crippen molar-refractivity contribution in [1.82, 2.24) is 16.1 Å². The number of carbonyl (C=O) groups excluding carboxylic acids is 4. The maximum absolute atomic E-state index is 12.4. The van der Waals surface area contributed by atoms with Crippen molar-refractivity contribution in [3.8, 4) is 22.8 Å². The third kappa shape index (κ3) is 7.19. The predicted molar refractivity (Wildman–Crippen MR) is 153 cm³/mol. The quantitative estimate of drug-likeness (QED) is 0.172. The predicted octanol–water partition coefficient (Wildman–Crippen LogP) is 3.46. The first kappa shape index (κ1) is 30.4. The number of carbonyl (C=O) groups is 4. The Balaban J connectivity index is 1.38. The summed E-state index contributed by atoms with van der Waals surface area (Å²) >= 11 is 0. The van der Waals surface area contributed by atoms with Gasteiger partial charge in [-0.2, -0.15) is 5.10 Å². The lowest BCUT2D eigenvalue weighted by Gasteiger charge is -2.28. The molecule has 3 N–H and O–H groups in total. The first-order valence-corrected chi connectivity index (χ1v) is 13.1. The van der Waals surface area contributed by atoms with Crippen molar-refractivity contribution in [2.45, 2.75) is 19.9 Å². The van der Waals surface area contributed by atoms with Crippen LogP contribution in [0.4, 0.5) is 4.79 Å². The molecule has 13 nitrogen and oxygen atoms in total. The van der Waals surface area contributed by atoms with Gasteiger partial charge in [-0.15, -0.1) is 0 Å². The molecule has 0 aliphatic carbocycles. The molecule has 3 aromatic rings. The van der Waals surface area contributed by atoms with E-state index in [1.807, 2.05) is 0 Å². The van der Waals surface area contributed by atoms with Crippen molar-refractivity contribution in [3.05, 3.63) is 82.8 Å². The second kappa shape index (κ2) is 13.9. The number of furan rings is 1. The third-order valence-corrected chi connectivity index (χ3v) is 6.25. The molecule has 0 unspecified atom stereocenters. The molecule has 4 rings (SSSR count). The molecule has 2 aromatic carbocycles. The summed E-state index contributed by atoms with van der Waals surface area (Å²) in [6.07, 6.45) is 1.31. The first-order chi connectivity index (χ1) is 20.7. The van der Waals surface area contributed by atoms with Crippen LogP contribution in [0.5, 0.6) is 11.5 Å². The highest BCUT2D eigenvalue weighted by atomic mass is 16.5. The van der Waals surface area contributed by atoms with E-state index in [4.69, 9.17) is 23.4 Å². The molecule has 1 aliphatic rings. The number of ether oxygens (including phenoxy) is 4. The molecular formula is C30H30N4O9. The van der Waals surface area contributed by atoms with E-state index >= 15 is 0 Å². The van der Waals surface area contributed by atoms with E-state index in [0.717, 1.165) is 0 Å². The maximum atomic E-state index is 12.4. The Bertz CT molecular complexity index is 1590. The Morgan fingerprint density at radius 3 is 2.58 bits per heavy atom. The fourth-order valence-corrected chi connectivity index (χ4v) is 4.30. The van der Waals surface area contributed by atoms with Crippen molar-refractivity contribution < 1.29 is 42.5 Å². The number of hydrogen-bond acceptors (Lipinski definition) is 10. The molecule has 1 atom stereocenters. The summed E-state index contributed by atoms with van der Waals surface area (Å²) in [5.41, 5.74) is 4.42. The largest absolute Gasteiger partial charge is 0.493 e. The zero-order valence-corrected chi connectivity index (χ0v) is 23.9. The number of nitrogens with zero attached hydrogens (tertiary/aromatic N) is 1. The summed E-state index contributed by atoms with van der Waals surface area (Å²) in [6.45, 7) is 3.19. The highest BCUT2D eigenvalue weighted by Crippen LogP contribution is 2.34. The van der Waals surface area contributed by atoms with Crippen LogP contribution >= 0.6 is 0 Å².